The van der Waals surface area contributed by atoms with Crippen molar-refractivity contribution in [3.63, 3.8) is 0 Å². The first-order valence-corrected chi connectivity index (χ1v) is 8.80. The molecular weight excluding hydrogens is 348 g/mol. The van der Waals surface area contributed by atoms with Gasteiger partial charge in [0.15, 0.2) is 11.6 Å². The van der Waals surface area contributed by atoms with Crippen LogP contribution in [0.3, 0.4) is 0 Å². The molecule has 0 aliphatic heterocycles. The first-order valence-electron chi connectivity index (χ1n) is 8.80. The van der Waals surface area contributed by atoms with E-state index in [9.17, 15) is 4.79 Å². The number of aromatic nitrogens is 6. The summed E-state index contributed by atoms with van der Waals surface area (Å²) in [5, 5.41) is 18.2. The predicted molar refractivity (Wildman–Crippen MR) is 95.3 cm³/mol. The molecule has 1 N–H and O–H groups in total. The van der Waals surface area contributed by atoms with Crippen molar-refractivity contribution in [2.24, 2.45) is 0 Å². The average Bonchev–Trinajstić information content (AvgIpc) is 3.23. The molecule has 2 aromatic heterocycles. The summed E-state index contributed by atoms with van der Waals surface area (Å²) >= 11 is 0. The third-order valence-corrected chi connectivity index (χ3v) is 4.65. The van der Waals surface area contributed by atoms with Gasteiger partial charge in [0.05, 0.1) is 12.2 Å². The molecular formula is C17H20N8O2. The Hall–Kier alpha value is -3.30. The predicted octanol–water partition coefficient (Wildman–Crippen LogP) is 2.29. The Morgan fingerprint density at radius 1 is 1.33 bits per heavy atom. The second-order valence-electron chi connectivity index (χ2n) is 6.65. The summed E-state index contributed by atoms with van der Waals surface area (Å²) in [6.07, 6.45) is 3.40. The van der Waals surface area contributed by atoms with E-state index in [1.807, 2.05) is 19.1 Å². The molecule has 27 heavy (non-hydrogen) atoms. The molecule has 0 saturated heterocycles. The van der Waals surface area contributed by atoms with Gasteiger partial charge in [-0.2, -0.15) is 9.67 Å². The number of hydrogen-bond donors (Lipinski definition) is 1. The van der Waals surface area contributed by atoms with Gasteiger partial charge in [-0.15, -0.1) is 5.10 Å². The molecule has 0 radical (unpaired) electrons. The fraction of sp³-hybridized carbons (Fsp3) is 0.412. The number of benzene rings is 1. The van der Waals surface area contributed by atoms with Gasteiger partial charge < -0.3 is 14.7 Å². The highest BCUT2D eigenvalue weighted by Gasteiger charge is 2.25. The van der Waals surface area contributed by atoms with Crippen molar-refractivity contribution < 1.29 is 9.32 Å². The van der Waals surface area contributed by atoms with Crippen LogP contribution in [0.5, 0.6) is 0 Å². The Balaban J connectivity index is 1.35. The highest BCUT2D eigenvalue weighted by Crippen LogP contribution is 2.35. The smallest absolute Gasteiger partial charge is 0.321 e. The number of amides is 2. The second-order valence-corrected chi connectivity index (χ2v) is 6.65. The van der Waals surface area contributed by atoms with Gasteiger partial charge in [-0.05, 0) is 54.5 Å². The van der Waals surface area contributed by atoms with Crippen molar-refractivity contribution in [2.75, 3.05) is 12.4 Å². The zero-order chi connectivity index (χ0) is 18.8. The monoisotopic (exact) mass is 368 g/mol. The van der Waals surface area contributed by atoms with Gasteiger partial charge in [-0.1, -0.05) is 11.6 Å². The van der Waals surface area contributed by atoms with Crippen molar-refractivity contribution >= 4 is 11.7 Å². The maximum Gasteiger partial charge on any atom is 0.321 e. The summed E-state index contributed by atoms with van der Waals surface area (Å²) in [7, 11) is 1.69. The quantitative estimate of drug-likeness (QED) is 0.734. The van der Waals surface area contributed by atoms with Crippen molar-refractivity contribution in [3.05, 3.63) is 41.8 Å². The van der Waals surface area contributed by atoms with Gasteiger partial charge in [0.1, 0.15) is 0 Å². The molecule has 0 unspecified atom stereocenters. The van der Waals surface area contributed by atoms with Crippen LogP contribution in [0.1, 0.15) is 42.7 Å². The number of aryl methyl sites for hydroxylation is 1. The molecule has 1 saturated carbocycles. The van der Waals surface area contributed by atoms with E-state index in [-0.39, 0.29) is 12.6 Å². The molecule has 1 aliphatic rings. The molecule has 10 nitrogen and oxygen atoms in total. The van der Waals surface area contributed by atoms with E-state index in [4.69, 9.17) is 4.52 Å². The molecule has 2 heterocycles. The maximum absolute atomic E-state index is 12.4. The van der Waals surface area contributed by atoms with E-state index in [1.165, 1.54) is 11.3 Å². The van der Waals surface area contributed by atoms with Crippen LogP contribution in [0, 0.1) is 6.92 Å². The molecule has 1 fully saturated rings. The summed E-state index contributed by atoms with van der Waals surface area (Å²) < 4.78 is 6.91. The summed E-state index contributed by atoms with van der Waals surface area (Å²) in [6.45, 7) is 2.10. The zero-order valence-electron chi connectivity index (χ0n) is 15.2. The van der Waals surface area contributed by atoms with E-state index in [2.05, 4.69) is 31.0 Å². The molecule has 10 heteroatoms. The average molecular weight is 368 g/mol. The first-order chi connectivity index (χ1) is 13.1. The topological polar surface area (TPSA) is 115 Å². The molecule has 1 aromatic carbocycles. The number of rotatable bonds is 5. The second kappa shape index (κ2) is 7.14. The van der Waals surface area contributed by atoms with Crippen LogP contribution in [0.25, 0.3) is 5.69 Å². The van der Waals surface area contributed by atoms with Crippen LogP contribution < -0.4 is 5.32 Å². The van der Waals surface area contributed by atoms with Gasteiger partial charge in [-0.3, -0.25) is 0 Å². The fourth-order valence-electron chi connectivity index (χ4n) is 2.81. The van der Waals surface area contributed by atoms with E-state index in [0.29, 0.717) is 29.1 Å². The molecule has 140 valence electrons. The summed E-state index contributed by atoms with van der Waals surface area (Å²) in [5.41, 5.74) is 1.49. The van der Waals surface area contributed by atoms with E-state index >= 15 is 0 Å². The number of carbonyl (C=O) groups excluding carboxylic acids is 1. The van der Waals surface area contributed by atoms with E-state index in [0.717, 1.165) is 18.5 Å². The van der Waals surface area contributed by atoms with Crippen LogP contribution in [0.15, 0.2) is 28.8 Å². The number of carbonyl (C=O) groups is 1. The third-order valence-electron chi connectivity index (χ3n) is 4.65. The standard InChI is InChI=1S/C17H20N8O2/c1-11-20-22-23-25(11)14-8-6-13(7-9-14)18-17(26)24(2)10-15-19-16(27-21-15)12-4-3-5-12/h6-9,12H,3-5,10H2,1-2H3,(H,18,26). The molecule has 2 amide bonds. The molecule has 1 aliphatic carbocycles. The van der Waals surface area contributed by atoms with Crippen molar-refractivity contribution in [3.8, 4) is 5.69 Å². The number of hydrogen-bond acceptors (Lipinski definition) is 7. The highest BCUT2D eigenvalue weighted by molar-refractivity contribution is 5.89. The summed E-state index contributed by atoms with van der Waals surface area (Å²) in [4.78, 5) is 18.3. The van der Waals surface area contributed by atoms with E-state index < -0.39 is 0 Å². The third kappa shape index (κ3) is 3.64. The molecule has 0 bridgehead atoms. The van der Waals surface area contributed by atoms with Gasteiger partial charge in [0, 0.05) is 18.7 Å². The Morgan fingerprint density at radius 2 is 2.11 bits per heavy atom. The summed E-state index contributed by atoms with van der Waals surface area (Å²) in [5.74, 6) is 2.26. The summed E-state index contributed by atoms with van der Waals surface area (Å²) in [6, 6.07) is 7.01. The van der Waals surface area contributed by atoms with Gasteiger partial charge in [0.2, 0.25) is 5.89 Å². The fourth-order valence-corrected chi connectivity index (χ4v) is 2.81. The SMILES string of the molecule is Cc1nnnn1-c1ccc(NC(=O)N(C)Cc2noc(C3CCC3)n2)cc1. The van der Waals surface area contributed by atoms with Gasteiger partial charge in [0.25, 0.3) is 0 Å². The normalized spacial score (nSPS) is 14.0. The zero-order valence-corrected chi connectivity index (χ0v) is 15.2. The largest absolute Gasteiger partial charge is 0.339 e. The number of nitrogens with zero attached hydrogens (tertiary/aromatic N) is 7. The minimum Gasteiger partial charge on any atom is -0.339 e. The Morgan fingerprint density at radius 3 is 2.74 bits per heavy atom. The van der Waals surface area contributed by atoms with Crippen molar-refractivity contribution in [1.29, 1.82) is 0 Å². The van der Waals surface area contributed by atoms with Crippen LogP contribution in [0.4, 0.5) is 10.5 Å². The van der Waals surface area contributed by atoms with Crippen LogP contribution in [-0.2, 0) is 6.54 Å². The number of urea groups is 1. The number of tetrazole rings is 1. The molecule has 4 rings (SSSR count). The molecule has 0 atom stereocenters. The lowest BCUT2D eigenvalue weighted by Crippen LogP contribution is -2.31. The number of nitrogens with one attached hydrogen (secondary N) is 1. The molecule has 3 aromatic rings. The van der Waals surface area contributed by atoms with Gasteiger partial charge in [-0.25, -0.2) is 4.79 Å². The highest BCUT2D eigenvalue weighted by atomic mass is 16.5. The first kappa shape index (κ1) is 17.1. The van der Waals surface area contributed by atoms with Crippen LogP contribution in [0.2, 0.25) is 0 Å². The molecule has 0 spiro atoms. The minimum absolute atomic E-state index is 0.253. The lowest BCUT2D eigenvalue weighted by Gasteiger charge is -2.20. The Bertz CT molecular complexity index is 929. The van der Waals surface area contributed by atoms with Gasteiger partial charge >= 0.3 is 6.03 Å². The Labute approximate surface area is 155 Å². The lowest BCUT2D eigenvalue weighted by atomic mass is 9.85. The van der Waals surface area contributed by atoms with E-state index in [1.54, 1.807) is 23.9 Å². The van der Waals surface area contributed by atoms with Crippen LogP contribution in [-0.4, -0.2) is 48.3 Å². The van der Waals surface area contributed by atoms with Crippen molar-refractivity contribution in [2.45, 2.75) is 38.6 Å². The minimum atomic E-state index is -0.253. The number of anilines is 1. The lowest BCUT2D eigenvalue weighted by molar-refractivity contribution is 0.219. The van der Waals surface area contributed by atoms with Crippen molar-refractivity contribution in [1.82, 2.24) is 35.2 Å². The van der Waals surface area contributed by atoms with Crippen LogP contribution >= 0.6 is 0 Å². The Kier molecular flexibility index (Phi) is 4.53. The maximum atomic E-state index is 12.4.